The van der Waals surface area contributed by atoms with Crippen LogP contribution >= 0.6 is 0 Å². The van der Waals surface area contributed by atoms with E-state index in [2.05, 4.69) is 57.7 Å². The first-order valence-corrected chi connectivity index (χ1v) is 12.6. The van der Waals surface area contributed by atoms with Crippen LogP contribution in [0.4, 0.5) is 0 Å². The molecule has 194 valence electrons. The smallest absolute Gasteiger partial charge is 0.466 e. The minimum Gasteiger partial charge on any atom is -0.466 e. The van der Waals surface area contributed by atoms with Gasteiger partial charge in [-0.25, -0.2) is 0 Å². The Hall–Kier alpha value is -4.12. The molecule has 39 heavy (non-hydrogen) atoms. The Morgan fingerprint density at radius 2 is 1.18 bits per heavy atom. The maximum atomic E-state index is 4.68. The summed E-state index contributed by atoms with van der Waals surface area (Å²) in [5.74, 6) is 0. The van der Waals surface area contributed by atoms with Gasteiger partial charge in [-0.1, -0.05) is 12.1 Å². The van der Waals surface area contributed by atoms with E-state index in [1.807, 2.05) is 101 Å². The first-order valence-electron chi connectivity index (χ1n) is 12.6. The van der Waals surface area contributed by atoms with Gasteiger partial charge in [0.05, 0.1) is 17.9 Å². The van der Waals surface area contributed by atoms with Crippen molar-refractivity contribution in [1.29, 1.82) is 0 Å². The number of pyridine rings is 2. The number of rotatable bonds is 8. The fourth-order valence-corrected chi connectivity index (χ4v) is 4.06. The molecular weight excluding hydrogens is 659 g/mol. The summed E-state index contributed by atoms with van der Waals surface area (Å²) >= 11 is 0. The second-order valence-corrected chi connectivity index (χ2v) is 8.84. The fourth-order valence-electron chi connectivity index (χ4n) is 4.06. The fraction of sp³-hybridized carbons (Fsp3) is 0.121. The number of aromatic nitrogens is 5. The van der Waals surface area contributed by atoms with Crippen LogP contribution in [-0.2, 0) is 46.0 Å². The summed E-state index contributed by atoms with van der Waals surface area (Å²) in [5.41, 5.74) is 6.54. The molecule has 0 spiro atoms. The van der Waals surface area contributed by atoms with E-state index in [0.717, 1.165) is 47.7 Å². The summed E-state index contributed by atoms with van der Waals surface area (Å²) < 4.78 is 3.88. The molecule has 6 rings (SSSR count). The normalized spacial score (nSPS) is 10.3. The van der Waals surface area contributed by atoms with Gasteiger partial charge < -0.3 is 4.57 Å². The summed E-state index contributed by atoms with van der Waals surface area (Å²) in [4.78, 5) is 9.34. The van der Waals surface area contributed by atoms with Crippen LogP contribution in [0.25, 0.3) is 0 Å². The molecule has 5 nitrogen and oxygen atoms in total. The van der Waals surface area contributed by atoms with Crippen molar-refractivity contribution in [2.24, 2.45) is 0 Å². The third kappa shape index (κ3) is 8.99. The molecule has 2 aromatic carbocycles. The van der Waals surface area contributed by atoms with Crippen LogP contribution in [0.1, 0.15) is 33.9 Å². The second kappa shape index (κ2) is 14.7. The minimum absolute atomic E-state index is 0. The average molecular weight is 687 g/mol. The molecule has 6 heteroatoms. The van der Waals surface area contributed by atoms with Gasteiger partial charge in [0, 0.05) is 30.3 Å². The molecule has 0 fully saturated rings. The zero-order valence-corrected chi connectivity index (χ0v) is 23.8. The Balaban J connectivity index is 0.000000176. The van der Waals surface area contributed by atoms with Gasteiger partial charge in [-0.15, -0.1) is 12.4 Å². The van der Waals surface area contributed by atoms with Crippen molar-refractivity contribution < 1.29 is 20.1 Å². The number of benzene rings is 2. The van der Waals surface area contributed by atoms with Crippen LogP contribution in [0.3, 0.4) is 0 Å². The molecule has 0 atom stereocenters. The molecule has 0 aliphatic heterocycles. The average Bonchev–Trinajstić information content (AvgIpc) is 3.66. The summed E-state index contributed by atoms with van der Waals surface area (Å²) in [6, 6.07) is 40.6. The van der Waals surface area contributed by atoms with E-state index in [0.29, 0.717) is 6.54 Å². The molecule has 0 aliphatic carbocycles. The Labute approximate surface area is 243 Å². The van der Waals surface area contributed by atoms with Crippen molar-refractivity contribution >= 4 is 0 Å². The first kappa shape index (κ1) is 27.9. The molecular formula is C33H28IrN5. The molecule has 0 N–H and O–H groups in total. The van der Waals surface area contributed by atoms with Crippen molar-refractivity contribution in [2.75, 3.05) is 0 Å². The van der Waals surface area contributed by atoms with Crippen molar-refractivity contribution in [2.45, 2.75) is 25.9 Å². The van der Waals surface area contributed by atoms with Crippen LogP contribution in [0, 0.1) is 18.3 Å². The van der Waals surface area contributed by atoms with E-state index >= 15 is 0 Å². The number of hydrogen-bond acceptors (Lipinski definition) is 3. The van der Waals surface area contributed by atoms with Gasteiger partial charge in [0.25, 0.3) is 0 Å². The van der Waals surface area contributed by atoms with Crippen molar-refractivity contribution in [3.8, 4) is 0 Å². The van der Waals surface area contributed by atoms with Crippen molar-refractivity contribution in [3.05, 3.63) is 174 Å². The number of nitrogens with zero attached hydrogens (tertiary/aromatic N) is 5. The van der Waals surface area contributed by atoms with Gasteiger partial charge in [0.2, 0.25) is 0 Å². The van der Waals surface area contributed by atoms with Gasteiger partial charge in [0.15, 0.2) is 0 Å². The maximum Gasteiger partial charge on any atom is 3.00 e. The zero-order chi connectivity index (χ0) is 25.8. The largest absolute Gasteiger partial charge is 3.00 e. The molecule has 0 aliphatic rings. The summed E-state index contributed by atoms with van der Waals surface area (Å²) in [5, 5.41) is 4.20. The third-order valence-corrected chi connectivity index (χ3v) is 5.84. The van der Waals surface area contributed by atoms with Crippen LogP contribution < -0.4 is 0 Å². The third-order valence-electron chi connectivity index (χ3n) is 5.84. The Bertz CT molecular complexity index is 1380. The molecule has 0 radical (unpaired) electrons. The van der Waals surface area contributed by atoms with Crippen molar-refractivity contribution in [3.63, 3.8) is 0 Å². The molecule has 6 aromatic rings. The molecule has 0 saturated carbocycles. The maximum absolute atomic E-state index is 4.68. The minimum atomic E-state index is 0. The van der Waals surface area contributed by atoms with E-state index in [1.165, 1.54) is 5.56 Å². The molecule has 0 saturated heterocycles. The van der Waals surface area contributed by atoms with E-state index in [4.69, 9.17) is 0 Å². The van der Waals surface area contributed by atoms with E-state index in [1.54, 1.807) is 6.20 Å². The first-order chi connectivity index (χ1) is 18.8. The van der Waals surface area contributed by atoms with Crippen LogP contribution in [-0.4, -0.2) is 24.3 Å². The summed E-state index contributed by atoms with van der Waals surface area (Å²) in [6.07, 6.45) is 10.5. The number of hydrogen-bond donors (Lipinski definition) is 0. The molecule has 4 aromatic heterocycles. The quantitative estimate of drug-likeness (QED) is 0.189. The van der Waals surface area contributed by atoms with Gasteiger partial charge in [-0.3, -0.25) is 14.6 Å². The van der Waals surface area contributed by atoms with Gasteiger partial charge in [-0.2, -0.15) is 89.0 Å². The predicted molar refractivity (Wildman–Crippen MR) is 148 cm³/mol. The SMILES string of the molecule is [Ir+3].[c-]1ccccc1Cc1cccc(Cn2[c-]ccc2)n1.[c-]1ccccc1Cc1cccc(Cn2cccn2)n1. The summed E-state index contributed by atoms with van der Waals surface area (Å²) in [7, 11) is 0. The monoisotopic (exact) mass is 687 g/mol. The van der Waals surface area contributed by atoms with Crippen LogP contribution in [0.15, 0.2) is 122 Å². The topological polar surface area (TPSA) is 48.5 Å². The van der Waals surface area contributed by atoms with Crippen LogP contribution in [0.5, 0.6) is 0 Å². The molecule has 0 unspecified atom stereocenters. The van der Waals surface area contributed by atoms with Gasteiger partial charge in [-0.05, 0) is 43.2 Å². The Morgan fingerprint density at radius 3 is 1.69 bits per heavy atom. The van der Waals surface area contributed by atoms with E-state index in [9.17, 15) is 0 Å². The predicted octanol–water partition coefficient (Wildman–Crippen LogP) is 5.84. The Kier molecular flexibility index (Phi) is 10.5. The molecule has 0 amide bonds. The van der Waals surface area contributed by atoms with Gasteiger partial charge >= 0.3 is 20.1 Å². The van der Waals surface area contributed by atoms with E-state index in [-0.39, 0.29) is 20.1 Å². The standard InChI is InChI=1S/C17H14N2.C16H14N3.Ir/c1-2-7-15(8-3-1)13-16-9-6-10-17(18-16)14-19-11-4-5-12-19;1-2-6-14(7-3-1)12-15-8-4-9-16(18-15)13-19-11-5-10-17-19;/h1-7,9-11H,13-14H2;1-6,8-11H,12-13H2;/q-2;-1;+3. The van der Waals surface area contributed by atoms with Gasteiger partial charge in [0.1, 0.15) is 0 Å². The summed E-state index contributed by atoms with van der Waals surface area (Å²) in [6.45, 7) is 1.47. The molecule has 4 heterocycles. The second-order valence-electron chi connectivity index (χ2n) is 8.84. The van der Waals surface area contributed by atoms with Crippen molar-refractivity contribution in [1.82, 2.24) is 24.3 Å². The Morgan fingerprint density at radius 1 is 0.564 bits per heavy atom. The molecule has 0 bridgehead atoms. The zero-order valence-electron chi connectivity index (χ0n) is 21.4. The van der Waals surface area contributed by atoms with E-state index < -0.39 is 0 Å². The van der Waals surface area contributed by atoms with Crippen LogP contribution in [0.2, 0.25) is 0 Å².